The second-order valence-electron chi connectivity index (χ2n) is 8.95. The first kappa shape index (κ1) is 22.7. The molecular formula is C24H27Cl2N3O3. The number of amides is 1. The first-order chi connectivity index (χ1) is 15.2. The van der Waals surface area contributed by atoms with Gasteiger partial charge in [-0.3, -0.25) is 4.57 Å². The second kappa shape index (κ2) is 9.20. The van der Waals surface area contributed by atoms with Crippen LogP contribution in [0.3, 0.4) is 0 Å². The quantitative estimate of drug-likeness (QED) is 0.442. The van der Waals surface area contributed by atoms with Gasteiger partial charge in [-0.2, -0.15) is 4.98 Å². The molecule has 0 saturated carbocycles. The van der Waals surface area contributed by atoms with Gasteiger partial charge in [-0.25, -0.2) is 4.79 Å². The molecule has 0 radical (unpaired) electrons. The third-order valence-electron chi connectivity index (χ3n) is 5.41. The smallest absolute Gasteiger partial charge is 0.410 e. The van der Waals surface area contributed by atoms with Crippen molar-refractivity contribution in [3.05, 3.63) is 58.1 Å². The lowest BCUT2D eigenvalue weighted by Crippen LogP contribution is -2.42. The van der Waals surface area contributed by atoms with Crippen molar-refractivity contribution >= 4 is 40.3 Å². The molecule has 0 N–H and O–H groups in total. The van der Waals surface area contributed by atoms with Crippen molar-refractivity contribution in [1.29, 1.82) is 0 Å². The van der Waals surface area contributed by atoms with Crippen molar-refractivity contribution in [2.24, 2.45) is 0 Å². The largest absolute Gasteiger partial charge is 0.462 e. The van der Waals surface area contributed by atoms with Crippen LogP contribution in [0.5, 0.6) is 6.01 Å². The monoisotopic (exact) mass is 475 g/mol. The van der Waals surface area contributed by atoms with E-state index in [4.69, 9.17) is 32.7 Å². The van der Waals surface area contributed by atoms with Gasteiger partial charge in [0.05, 0.1) is 23.6 Å². The lowest BCUT2D eigenvalue weighted by molar-refractivity contribution is 0.0183. The number of halogens is 2. The summed E-state index contributed by atoms with van der Waals surface area (Å²) >= 11 is 12.8. The van der Waals surface area contributed by atoms with E-state index in [-0.39, 0.29) is 12.1 Å². The predicted octanol–water partition coefficient (Wildman–Crippen LogP) is 6.17. The molecule has 1 aliphatic rings. The Morgan fingerprint density at radius 2 is 1.84 bits per heavy atom. The third-order valence-corrected chi connectivity index (χ3v) is 6.12. The van der Waals surface area contributed by atoms with Crippen LogP contribution in [0.1, 0.15) is 39.2 Å². The Bertz CT molecular complexity index is 1100. The molecule has 32 heavy (non-hydrogen) atoms. The molecule has 170 valence electrons. The van der Waals surface area contributed by atoms with Gasteiger partial charge in [0, 0.05) is 22.2 Å². The van der Waals surface area contributed by atoms with E-state index in [0.717, 1.165) is 29.4 Å². The molecular weight excluding hydrogens is 449 g/mol. The van der Waals surface area contributed by atoms with Crippen LogP contribution < -0.4 is 4.74 Å². The Labute approximate surface area is 198 Å². The number of nitrogens with zero attached hydrogens (tertiary/aromatic N) is 3. The number of hydrogen-bond donors (Lipinski definition) is 0. The summed E-state index contributed by atoms with van der Waals surface area (Å²) in [4.78, 5) is 19.0. The van der Waals surface area contributed by atoms with E-state index in [1.807, 2.05) is 67.8 Å². The fraction of sp³-hybridized carbons (Fsp3) is 0.417. The molecule has 0 bridgehead atoms. The molecule has 4 rings (SSSR count). The van der Waals surface area contributed by atoms with Gasteiger partial charge in [-0.1, -0.05) is 41.4 Å². The van der Waals surface area contributed by atoms with Crippen molar-refractivity contribution in [2.75, 3.05) is 13.2 Å². The first-order valence-electron chi connectivity index (χ1n) is 10.7. The summed E-state index contributed by atoms with van der Waals surface area (Å²) < 4.78 is 13.7. The molecule has 1 aromatic heterocycles. The van der Waals surface area contributed by atoms with Crippen LogP contribution >= 0.6 is 23.2 Å². The normalized spacial score (nSPS) is 16.5. The van der Waals surface area contributed by atoms with E-state index in [0.29, 0.717) is 35.8 Å². The maximum Gasteiger partial charge on any atom is 0.410 e. The zero-order valence-electron chi connectivity index (χ0n) is 18.5. The lowest BCUT2D eigenvalue weighted by Gasteiger charge is -2.28. The molecule has 0 spiro atoms. The van der Waals surface area contributed by atoms with E-state index in [1.54, 1.807) is 4.90 Å². The number of carbonyl (C=O) groups excluding carboxylic acids is 1. The van der Waals surface area contributed by atoms with Crippen molar-refractivity contribution < 1.29 is 14.3 Å². The zero-order chi connectivity index (χ0) is 22.9. The fourth-order valence-electron chi connectivity index (χ4n) is 3.90. The Morgan fingerprint density at radius 1 is 1.12 bits per heavy atom. The molecule has 1 unspecified atom stereocenters. The number of para-hydroxylation sites is 2. The summed E-state index contributed by atoms with van der Waals surface area (Å²) in [5.74, 6) is 0. The lowest BCUT2D eigenvalue weighted by atomic mass is 10.2. The highest BCUT2D eigenvalue weighted by Gasteiger charge is 2.33. The topological polar surface area (TPSA) is 56.6 Å². The first-order valence-corrected chi connectivity index (χ1v) is 11.5. The van der Waals surface area contributed by atoms with Crippen LogP contribution in [0.2, 0.25) is 10.0 Å². The van der Waals surface area contributed by atoms with Gasteiger partial charge in [-0.15, -0.1) is 0 Å². The number of benzene rings is 2. The van der Waals surface area contributed by atoms with Crippen LogP contribution in [-0.2, 0) is 11.3 Å². The van der Waals surface area contributed by atoms with Crippen molar-refractivity contribution in [1.82, 2.24) is 14.5 Å². The molecule has 2 heterocycles. The number of fused-ring (bicyclic) bond motifs is 1. The van der Waals surface area contributed by atoms with Crippen molar-refractivity contribution in [3.63, 3.8) is 0 Å². The molecule has 1 aliphatic heterocycles. The van der Waals surface area contributed by atoms with Gasteiger partial charge in [0.1, 0.15) is 12.2 Å². The summed E-state index contributed by atoms with van der Waals surface area (Å²) in [6.45, 7) is 7.03. The van der Waals surface area contributed by atoms with E-state index in [9.17, 15) is 4.79 Å². The van der Waals surface area contributed by atoms with E-state index >= 15 is 0 Å². The highest BCUT2D eigenvalue weighted by molar-refractivity contribution is 6.36. The number of carbonyl (C=O) groups is 1. The number of aromatic nitrogens is 2. The summed E-state index contributed by atoms with van der Waals surface area (Å²) in [6, 6.07) is 13.7. The Kier molecular flexibility index (Phi) is 6.54. The zero-order valence-corrected chi connectivity index (χ0v) is 20.0. The molecule has 1 atom stereocenters. The molecule has 1 fully saturated rings. The standard InChI is InChI=1S/C24H27Cl2N3O3/c1-24(2,3)32-23(30)28-13-7-8-16(28)15-31-22-27-20-11-4-5-12-21(20)29(22)14-17-18(25)9-6-10-19(17)26/h4-6,9-12,16H,7-8,13-15H2,1-3H3. The number of ether oxygens (including phenoxy) is 2. The van der Waals surface area contributed by atoms with E-state index in [1.165, 1.54) is 0 Å². The average Bonchev–Trinajstić information content (AvgIpc) is 3.32. The third kappa shape index (κ3) is 4.97. The van der Waals surface area contributed by atoms with E-state index in [2.05, 4.69) is 4.98 Å². The maximum atomic E-state index is 12.6. The Morgan fingerprint density at radius 3 is 2.56 bits per heavy atom. The fourth-order valence-corrected chi connectivity index (χ4v) is 4.42. The molecule has 0 aliphatic carbocycles. The number of imidazole rings is 1. The van der Waals surface area contributed by atoms with Gasteiger partial charge in [-0.05, 0) is 57.9 Å². The minimum absolute atomic E-state index is 0.0676. The molecule has 6 nitrogen and oxygen atoms in total. The van der Waals surface area contributed by atoms with Crippen LogP contribution in [0.25, 0.3) is 11.0 Å². The molecule has 8 heteroatoms. The van der Waals surface area contributed by atoms with Crippen LogP contribution in [-0.4, -0.2) is 45.3 Å². The van der Waals surface area contributed by atoms with Gasteiger partial charge < -0.3 is 14.4 Å². The van der Waals surface area contributed by atoms with Crippen LogP contribution in [0, 0.1) is 0 Å². The van der Waals surface area contributed by atoms with E-state index < -0.39 is 5.60 Å². The minimum atomic E-state index is -0.534. The van der Waals surface area contributed by atoms with Crippen LogP contribution in [0.4, 0.5) is 4.79 Å². The number of rotatable bonds is 5. The highest BCUT2D eigenvalue weighted by Crippen LogP contribution is 2.30. The van der Waals surface area contributed by atoms with Gasteiger partial charge in [0.25, 0.3) is 6.01 Å². The van der Waals surface area contributed by atoms with Crippen molar-refractivity contribution in [2.45, 2.75) is 51.8 Å². The summed E-state index contributed by atoms with van der Waals surface area (Å²) in [5.41, 5.74) is 2.02. The minimum Gasteiger partial charge on any atom is -0.462 e. The van der Waals surface area contributed by atoms with Gasteiger partial charge >= 0.3 is 6.09 Å². The molecule has 3 aromatic rings. The number of likely N-dealkylation sites (tertiary alicyclic amines) is 1. The predicted molar refractivity (Wildman–Crippen MR) is 127 cm³/mol. The number of hydrogen-bond acceptors (Lipinski definition) is 4. The Balaban J connectivity index is 1.57. The SMILES string of the molecule is CC(C)(C)OC(=O)N1CCCC1COc1nc2ccccc2n1Cc1c(Cl)cccc1Cl. The summed E-state index contributed by atoms with van der Waals surface area (Å²) in [6.07, 6.45) is 1.47. The maximum absolute atomic E-state index is 12.6. The summed E-state index contributed by atoms with van der Waals surface area (Å²) in [7, 11) is 0. The molecule has 2 aromatic carbocycles. The van der Waals surface area contributed by atoms with Crippen LogP contribution in [0.15, 0.2) is 42.5 Å². The van der Waals surface area contributed by atoms with Crippen molar-refractivity contribution in [3.8, 4) is 6.01 Å². The summed E-state index contributed by atoms with van der Waals surface area (Å²) in [5, 5.41) is 1.18. The van der Waals surface area contributed by atoms with Gasteiger partial charge in [0.2, 0.25) is 0 Å². The molecule has 1 saturated heterocycles. The highest BCUT2D eigenvalue weighted by atomic mass is 35.5. The Hall–Kier alpha value is -2.44. The molecule has 1 amide bonds. The second-order valence-corrected chi connectivity index (χ2v) is 9.76. The average molecular weight is 476 g/mol. The van der Waals surface area contributed by atoms with Gasteiger partial charge in [0.15, 0.2) is 0 Å².